The monoisotopic (exact) mass is 230 g/mol. The molecule has 0 bridgehead atoms. The van der Waals surface area contributed by atoms with Crippen molar-refractivity contribution >= 4 is 11.9 Å². The Hall–Kier alpha value is -1.06. The van der Waals surface area contributed by atoms with Gasteiger partial charge in [0.25, 0.3) is 0 Å². The first-order valence-electron chi connectivity index (χ1n) is 6.02. The molecule has 0 radical (unpaired) electrons. The SMILES string of the molecule is CCC(=O)OCCCCCCOC(=O)CC. The Morgan fingerprint density at radius 3 is 1.44 bits per heavy atom. The van der Waals surface area contributed by atoms with E-state index in [4.69, 9.17) is 9.47 Å². The highest BCUT2D eigenvalue weighted by atomic mass is 16.5. The third kappa shape index (κ3) is 9.49. The van der Waals surface area contributed by atoms with Crippen molar-refractivity contribution in [2.45, 2.75) is 52.4 Å². The van der Waals surface area contributed by atoms with Crippen LogP contribution >= 0.6 is 0 Å². The van der Waals surface area contributed by atoms with Crippen LogP contribution in [0.2, 0.25) is 0 Å². The molecule has 0 aromatic heterocycles. The Kier molecular flexibility index (Phi) is 9.76. The zero-order valence-electron chi connectivity index (χ0n) is 10.3. The van der Waals surface area contributed by atoms with Crippen LogP contribution < -0.4 is 0 Å². The number of unbranched alkanes of at least 4 members (excludes halogenated alkanes) is 3. The maximum Gasteiger partial charge on any atom is 0.305 e. The molecular weight excluding hydrogens is 208 g/mol. The van der Waals surface area contributed by atoms with Crippen LogP contribution in [0, 0.1) is 0 Å². The molecule has 0 aromatic rings. The number of carbonyl (C=O) groups is 2. The van der Waals surface area contributed by atoms with Crippen molar-refractivity contribution in [2.75, 3.05) is 13.2 Å². The summed E-state index contributed by atoms with van der Waals surface area (Å²) in [5, 5.41) is 0. The number of esters is 2. The van der Waals surface area contributed by atoms with Crippen LogP contribution in [0.15, 0.2) is 0 Å². The summed E-state index contributed by atoms with van der Waals surface area (Å²) in [5.74, 6) is -0.284. The van der Waals surface area contributed by atoms with Crippen LogP contribution in [0.5, 0.6) is 0 Å². The van der Waals surface area contributed by atoms with Gasteiger partial charge < -0.3 is 9.47 Å². The Balaban J connectivity index is 3.10. The normalized spacial score (nSPS) is 9.88. The van der Waals surface area contributed by atoms with Crippen molar-refractivity contribution in [1.29, 1.82) is 0 Å². The number of hydrogen-bond acceptors (Lipinski definition) is 4. The minimum Gasteiger partial charge on any atom is -0.466 e. The molecule has 0 fully saturated rings. The quantitative estimate of drug-likeness (QED) is 0.451. The van der Waals surface area contributed by atoms with Crippen molar-refractivity contribution in [3.8, 4) is 0 Å². The molecule has 0 heterocycles. The van der Waals surface area contributed by atoms with Crippen molar-refractivity contribution in [2.24, 2.45) is 0 Å². The molecule has 0 aromatic carbocycles. The summed E-state index contributed by atoms with van der Waals surface area (Å²) in [7, 11) is 0. The Morgan fingerprint density at radius 2 is 1.12 bits per heavy atom. The van der Waals surface area contributed by atoms with E-state index < -0.39 is 0 Å². The molecule has 0 spiro atoms. The molecule has 0 N–H and O–H groups in total. The van der Waals surface area contributed by atoms with Crippen LogP contribution in [0.1, 0.15) is 52.4 Å². The molecule has 0 rings (SSSR count). The molecule has 0 aliphatic rings. The largest absolute Gasteiger partial charge is 0.466 e. The van der Waals surface area contributed by atoms with E-state index in [-0.39, 0.29) is 11.9 Å². The third-order valence-corrected chi connectivity index (χ3v) is 2.14. The van der Waals surface area contributed by atoms with Gasteiger partial charge in [-0.25, -0.2) is 0 Å². The standard InChI is InChI=1S/C12H22O4/c1-3-11(13)15-9-7-5-6-8-10-16-12(14)4-2/h3-10H2,1-2H3. The Morgan fingerprint density at radius 1 is 0.750 bits per heavy atom. The second-order valence-electron chi connectivity index (χ2n) is 3.56. The van der Waals surface area contributed by atoms with Gasteiger partial charge >= 0.3 is 11.9 Å². The molecule has 4 heteroatoms. The Labute approximate surface area is 97.3 Å². The molecular formula is C12H22O4. The van der Waals surface area contributed by atoms with Gasteiger partial charge in [-0.2, -0.15) is 0 Å². The van der Waals surface area contributed by atoms with Crippen LogP contribution in [0.3, 0.4) is 0 Å². The van der Waals surface area contributed by atoms with E-state index in [2.05, 4.69) is 0 Å². The second kappa shape index (κ2) is 10.5. The first-order valence-corrected chi connectivity index (χ1v) is 6.02. The van der Waals surface area contributed by atoms with Crippen LogP contribution in [-0.4, -0.2) is 25.2 Å². The molecule has 0 aliphatic carbocycles. The fourth-order valence-electron chi connectivity index (χ4n) is 1.13. The zero-order valence-corrected chi connectivity index (χ0v) is 10.3. The van der Waals surface area contributed by atoms with E-state index in [1.807, 2.05) is 0 Å². The van der Waals surface area contributed by atoms with E-state index in [0.717, 1.165) is 25.7 Å². The molecule has 0 saturated carbocycles. The van der Waals surface area contributed by atoms with Gasteiger partial charge in [-0.1, -0.05) is 13.8 Å². The average Bonchev–Trinajstić information content (AvgIpc) is 2.31. The van der Waals surface area contributed by atoms with E-state index in [1.54, 1.807) is 13.8 Å². The number of carbonyl (C=O) groups excluding carboxylic acids is 2. The van der Waals surface area contributed by atoms with Crippen molar-refractivity contribution < 1.29 is 19.1 Å². The molecule has 94 valence electrons. The number of ether oxygens (including phenoxy) is 2. The average molecular weight is 230 g/mol. The van der Waals surface area contributed by atoms with Gasteiger partial charge in [-0.05, 0) is 25.7 Å². The van der Waals surface area contributed by atoms with Gasteiger partial charge in [-0.3, -0.25) is 9.59 Å². The van der Waals surface area contributed by atoms with Crippen LogP contribution in [0.4, 0.5) is 0 Å². The Bertz CT molecular complexity index is 179. The van der Waals surface area contributed by atoms with E-state index in [1.165, 1.54) is 0 Å². The maximum absolute atomic E-state index is 10.8. The van der Waals surface area contributed by atoms with Gasteiger partial charge in [0.05, 0.1) is 13.2 Å². The van der Waals surface area contributed by atoms with Gasteiger partial charge in [0.1, 0.15) is 0 Å². The molecule has 16 heavy (non-hydrogen) atoms. The van der Waals surface area contributed by atoms with Crippen molar-refractivity contribution in [3.63, 3.8) is 0 Å². The topological polar surface area (TPSA) is 52.6 Å². The highest BCUT2D eigenvalue weighted by Crippen LogP contribution is 2.01. The summed E-state index contributed by atoms with van der Waals surface area (Å²) in [4.78, 5) is 21.6. The molecule has 0 aliphatic heterocycles. The summed E-state index contributed by atoms with van der Waals surface area (Å²) in [6.07, 6.45) is 4.64. The second-order valence-corrected chi connectivity index (χ2v) is 3.56. The first-order chi connectivity index (χ1) is 7.70. The predicted molar refractivity (Wildman–Crippen MR) is 61.0 cm³/mol. The highest BCUT2D eigenvalue weighted by Gasteiger charge is 1.99. The lowest BCUT2D eigenvalue weighted by Gasteiger charge is -2.04. The van der Waals surface area contributed by atoms with Crippen LogP contribution in [0.25, 0.3) is 0 Å². The number of rotatable bonds is 9. The lowest BCUT2D eigenvalue weighted by molar-refractivity contribution is -0.144. The molecule has 0 amide bonds. The summed E-state index contributed by atoms with van der Waals surface area (Å²) in [6, 6.07) is 0. The van der Waals surface area contributed by atoms with Gasteiger partial charge in [-0.15, -0.1) is 0 Å². The fraction of sp³-hybridized carbons (Fsp3) is 0.833. The lowest BCUT2D eigenvalue weighted by Crippen LogP contribution is -2.05. The third-order valence-electron chi connectivity index (χ3n) is 2.14. The molecule has 0 atom stereocenters. The summed E-state index contributed by atoms with van der Waals surface area (Å²) < 4.78 is 9.86. The van der Waals surface area contributed by atoms with E-state index >= 15 is 0 Å². The minimum absolute atomic E-state index is 0.142. The molecule has 0 unspecified atom stereocenters. The van der Waals surface area contributed by atoms with Crippen molar-refractivity contribution in [3.05, 3.63) is 0 Å². The van der Waals surface area contributed by atoms with E-state index in [9.17, 15) is 9.59 Å². The fourth-order valence-corrected chi connectivity index (χ4v) is 1.13. The van der Waals surface area contributed by atoms with Crippen molar-refractivity contribution in [1.82, 2.24) is 0 Å². The van der Waals surface area contributed by atoms with E-state index in [0.29, 0.717) is 26.1 Å². The predicted octanol–water partition coefficient (Wildman–Crippen LogP) is 2.45. The molecule has 4 nitrogen and oxygen atoms in total. The summed E-state index contributed by atoms with van der Waals surface area (Å²) in [5.41, 5.74) is 0. The first kappa shape index (κ1) is 14.9. The van der Waals surface area contributed by atoms with Crippen LogP contribution in [-0.2, 0) is 19.1 Å². The molecule has 0 saturated heterocycles. The maximum atomic E-state index is 10.8. The smallest absolute Gasteiger partial charge is 0.305 e. The zero-order chi connectivity index (χ0) is 12.2. The minimum atomic E-state index is -0.142. The van der Waals surface area contributed by atoms with Gasteiger partial charge in [0, 0.05) is 12.8 Å². The summed E-state index contributed by atoms with van der Waals surface area (Å²) in [6.45, 7) is 4.57. The van der Waals surface area contributed by atoms with Gasteiger partial charge in [0.15, 0.2) is 0 Å². The van der Waals surface area contributed by atoms with Gasteiger partial charge in [0.2, 0.25) is 0 Å². The lowest BCUT2D eigenvalue weighted by atomic mass is 10.2. The highest BCUT2D eigenvalue weighted by molar-refractivity contribution is 5.69. The summed E-state index contributed by atoms with van der Waals surface area (Å²) >= 11 is 0. The number of hydrogen-bond donors (Lipinski definition) is 0.